The smallest absolute Gasteiger partial charge is 0.243 e. The number of rotatable bonds is 8. The number of thiazole rings is 1. The van der Waals surface area contributed by atoms with E-state index in [4.69, 9.17) is 0 Å². The summed E-state index contributed by atoms with van der Waals surface area (Å²) in [6, 6.07) is 25.5. The first-order valence-corrected chi connectivity index (χ1v) is 14.8. The Kier molecular flexibility index (Phi) is 7.79. The van der Waals surface area contributed by atoms with E-state index < -0.39 is 10.0 Å². The number of hydrazone groups is 1. The molecule has 0 unspecified atom stereocenters. The third-order valence-corrected chi connectivity index (χ3v) is 9.34. The highest BCUT2D eigenvalue weighted by Crippen LogP contribution is 2.29. The van der Waals surface area contributed by atoms with Crippen LogP contribution in [-0.4, -0.2) is 37.0 Å². The Morgan fingerprint density at radius 3 is 2.41 bits per heavy atom. The van der Waals surface area contributed by atoms with Crippen molar-refractivity contribution >= 4 is 32.7 Å². The number of sulfonamides is 1. The van der Waals surface area contributed by atoms with Gasteiger partial charge in [-0.2, -0.15) is 9.41 Å². The first-order chi connectivity index (χ1) is 18.0. The monoisotopic (exact) mass is 530 g/mol. The predicted molar refractivity (Wildman–Crippen MR) is 152 cm³/mol. The molecule has 3 aromatic carbocycles. The second kappa shape index (κ2) is 11.4. The molecule has 5 rings (SSSR count). The lowest BCUT2D eigenvalue weighted by atomic mass is 9.91. The number of aromatic nitrogens is 1. The molecular weight excluding hydrogens is 500 g/mol. The fraction of sp³-hybridized carbons (Fsp3) is 0.241. The van der Waals surface area contributed by atoms with Gasteiger partial charge in [-0.15, -0.1) is 11.3 Å². The van der Waals surface area contributed by atoms with Gasteiger partial charge in [0.15, 0.2) is 0 Å². The van der Waals surface area contributed by atoms with E-state index in [2.05, 4.69) is 39.8 Å². The summed E-state index contributed by atoms with van der Waals surface area (Å²) in [6.45, 7) is 3.17. The molecule has 8 heteroatoms. The van der Waals surface area contributed by atoms with Crippen molar-refractivity contribution in [2.45, 2.75) is 31.1 Å². The molecule has 1 aromatic heterocycles. The molecule has 0 spiro atoms. The lowest BCUT2D eigenvalue weighted by molar-refractivity contribution is 0.273. The van der Waals surface area contributed by atoms with Gasteiger partial charge in [-0.25, -0.2) is 13.4 Å². The van der Waals surface area contributed by atoms with Gasteiger partial charge in [0, 0.05) is 24.0 Å². The zero-order chi connectivity index (χ0) is 25.7. The number of nitrogens with zero attached hydrogens (tertiary/aromatic N) is 3. The van der Waals surface area contributed by atoms with Crippen molar-refractivity contribution in [1.29, 1.82) is 0 Å². The Hall–Kier alpha value is -3.33. The summed E-state index contributed by atoms with van der Waals surface area (Å²) in [5.74, 6) is 0.518. The van der Waals surface area contributed by atoms with E-state index in [0.29, 0.717) is 29.0 Å². The molecule has 0 aliphatic carbocycles. The van der Waals surface area contributed by atoms with E-state index in [-0.39, 0.29) is 0 Å². The van der Waals surface area contributed by atoms with E-state index >= 15 is 0 Å². The van der Waals surface area contributed by atoms with E-state index in [1.807, 2.05) is 54.8 Å². The van der Waals surface area contributed by atoms with Crippen molar-refractivity contribution in [3.63, 3.8) is 0 Å². The number of aryl methyl sites for hydroxylation is 1. The molecule has 6 nitrogen and oxygen atoms in total. The topological polar surface area (TPSA) is 74.7 Å². The maximum absolute atomic E-state index is 13.2. The lowest BCUT2D eigenvalue weighted by Crippen LogP contribution is -2.38. The Morgan fingerprint density at radius 1 is 1.00 bits per heavy atom. The van der Waals surface area contributed by atoms with E-state index in [1.54, 1.807) is 22.7 Å². The van der Waals surface area contributed by atoms with Crippen LogP contribution in [-0.2, 0) is 16.4 Å². The molecule has 0 bridgehead atoms. The van der Waals surface area contributed by atoms with Crippen LogP contribution in [0.2, 0.25) is 0 Å². The minimum absolute atomic E-state index is 0.328. The zero-order valence-electron chi connectivity index (χ0n) is 20.7. The van der Waals surface area contributed by atoms with Crippen molar-refractivity contribution in [2.24, 2.45) is 11.0 Å². The van der Waals surface area contributed by atoms with Crippen molar-refractivity contribution in [1.82, 2.24) is 9.29 Å². The SMILES string of the molecule is Cc1ccc(C=NNc2nc(-c3ccc(S(=O)(=O)N4CCC(Cc5ccccc5)CC4)cc3)cs2)cc1. The molecule has 0 radical (unpaired) electrons. The van der Waals surface area contributed by atoms with Gasteiger partial charge >= 0.3 is 0 Å². The molecular formula is C29H30N4O2S2. The first kappa shape index (κ1) is 25.3. The predicted octanol–water partition coefficient (Wildman–Crippen LogP) is 6.21. The summed E-state index contributed by atoms with van der Waals surface area (Å²) < 4.78 is 28.1. The Bertz CT molecular complexity index is 1440. The van der Waals surface area contributed by atoms with Crippen LogP contribution in [0, 0.1) is 12.8 Å². The molecule has 4 aromatic rings. The zero-order valence-corrected chi connectivity index (χ0v) is 22.4. The maximum Gasteiger partial charge on any atom is 0.243 e. The van der Waals surface area contributed by atoms with Gasteiger partial charge in [-0.05, 0) is 55.4 Å². The normalized spacial score (nSPS) is 15.3. The van der Waals surface area contributed by atoms with Crippen LogP contribution in [0.4, 0.5) is 5.13 Å². The fourth-order valence-electron chi connectivity index (χ4n) is 4.52. The molecule has 1 aliphatic rings. The standard InChI is InChI=1S/C29H30N4O2S2/c1-22-7-9-25(10-8-22)20-30-32-29-31-28(21-36-29)26-11-13-27(14-12-26)37(34,35)33-17-15-24(16-18-33)19-23-5-3-2-4-6-23/h2-14,20-21,24H,15-19H2,1H3,(H,31,32). The number of benzene rings is 3. The molecule has 0 atom stereocenters. The number of hydrogen-bond acceptors (Lipinski definition) is 6. The van der Waals surface area contributed by atoms with Gasteiger partial charge in [0.25, 0.3) is 0 Å². The molecule has 0 amide bonds. The third kappa shape index (κ3) is 6.33. The van der Waals surface area contributed by atoms with Crippen molar-refractivity contribution in [2.75, 3.05) is 18.5 Å². The van der Waals surface area contributed by atoms with Gasteiger partial charge in [0.2, 0.25) is 15.2 Å². The summed E-state index contributed by atoms with van der Waals surface area (Å²) in [5.41, 5.74) is 8.15. The van der Waals surface area contributed by atoms with Crippen LogP contribution in [0.3, 0.4) is 0 Å². The third-order valence-electron chi connectivity index (χ3n) is 6.68. The molecule has 2 heterocycles. The molecule has 37 heavy (non-hydrogen) atoms. The second-order valence-corrected chi connectivity index (χ2v) is 12.2. The lowest BCUT2D eigenvalue weighted by Gasteiger charge is -2.31. The van der Waals surface area contributed by atoms with Crippen LogP contribution in [0.25, 0.3) is 11.3 Å². The van der Waals surface area contributed by atoms with Crippen LogP contribution >= 0.6 is 11.3 Å². The quantitative estimate of drug-likeness (QED) is 0.217. The van der Waals surface area contributed by atoms with Gasteiger partial charge in [0.1, 0.15) is 0 Å². The summed E-state index contributed by atoms with van der Waals surface area (Å²) in [6.07, 6.45) is 4.52. The van der Waals surface area contributed by atoms with Crippen LogP contribution in [0.1, 0.15) is 29.5 Å². The van der Waals surface area contributed by atoms with Gasteiger partial charge in [-0.1, -0.05) is 72.3 Å². The van der Waals surface area contributed by atoms with Crippen LogP contribution in [0.15, 0.2) is 94.2 Å². The van der Waals surface area contributed by atoms with Crippen LogP contribution < -0.4 is 5.43 Å². The Balaban J connectivity index is 1.18. The average Bonchev–Trinajstić information content (AvgIpc) is 3.40. The first-order valence-electron chi connectivity index (χ1n) is 12.4. The minimum atomic E-state index is -3.51. The van der Waals surface area contributed by atoms with Crippen LogP contribution in [0.5, 0.6) is 0 Å². The number of nitrogens with one attached hydrogen (secondary N) is 1. The Morgan fingerprint density at radius 2 is 1.70 bits per heavy atom. The summed E-state index contributed by atoms with van der Waals surface area (Å²) in [4.78, 5) is 4.91. The second-order valence-electron chi connectivity index (χ2n) is 9.38. The highest BCUT2D eigenvalue weighted by molar-refractivity contribution is 7.89. The molecule has 1 fully saturated rings. The van der Waals surface area contributed by atoms with Gasteiger partial charge in [-0.3, -0.25) is 5.43 Å². The number of anilines is 1. The molecule has 1 aliphatic heterocycles. The summed E-state index contributed by atoms with van der Waals surface area (Å²) in [5, 5.41) is 6.87. The van der Waals surface area contributed by atoms with Crippen molar-refractivity contribution in [3.8, 4) is 11.3 Å². The van der Waals surface area contributed by atoms with E-state index in [9.17, 15) is 8.42 Å². The highest BCUT2D eigenvalue weighted by atomic mass is 32.2. The molecule has 190 valence electrons. The van der Waals surface area contributed by atoms with Gasteiger partial charge in [0.05, 0.1) is 16.8 Å². The highest BCUT2D eigenvalue weighted by Gasteiger charge is 2.29. The molecule has 0 saturated carbocycles. The summed E-state index contributed by atoms with van der Waals surface area (Å²) >= 11 is 1.45. The minimum Gasteiger partial charge on any atom is -0.253 e. The van der Waals surface area contributed by atoms with Crippen molar-refractivity contribution < 1.29 is 8.42 Å². The largest absolute Gasteiger partial charge is 0.253 e. The van der Waals surface area contributed by atoms with Crippen molar-refractivity contribution in [3.05, 3.63) is 101 Å². The molecule has 1 saturated heterocycles. The fourth-order valence-corrected chi connectivity index (χ4v) is 6.66. The van der Waals surface area contributed by atoms with Gasteiger partial charge < -0.3 is 0 Å². The Labute approximate surface area is 222 Å². The maximum atomic E-state index is 13.2. The van der Waals surface area contributed by atoms with E-state index in [0.717, 1.165) is 36.1 Å². The number of piperidine rings is 1. The molecule has 1 N–H and O–H groups in total. The number of hydrogen-bond donors (Lipinski definition) is 1. The average molecular weight is 531 g/mol. The summed E-state index contributed by atoms with van der Waals surface area (Å²) in [7, 11) is -3.51. The van der Waals surface area contributed by atoms with E-state index in [1.165, 1.54) is 22.5 Å².